The highest BCUT2D eigenvalue weighted by Gasteiger charge is 2.25. The number of aromatic nitrogens is 4. The Bertz CT molecular complexity index is 1250. The van der Waals surface area contributed by atoms with Gasteiger partial charge >= 0.3 is 0 Å². The van der Waals surface area contributed by atoms with Crippen molar-refractivity contribution in [1.82, 2.24) is 24.9 Å². The van der Waals surface area contributed by atoms with Crippen molar-refractivity contribution in [2.45, 2.75) is 25.5 Å². The lowest BCUT2D eigenvalue weighted by Crippen LogP contribution is -2.41. The van der Waals surface area contributed by atoms with E-state index >= 15 is 0 Å². The van der Waals surface area contributed by atoms with Gasteiger partial charge in [-0.3, -0.25) is 4.79 Å². The molecule has 5 rings (SSSR count). The van der Waals surface area contributed by atoms with E-state index in [0.29, 0.717) is 53.4 Å². The van der Waals surface area contributed by atoms with Crippen LogP contribution in [0, 0.1) is 0 Å². The molecule has 0 unspecified atom stereocenters. The molecule has 1 aliphatic heterocycles. The van der Waals surface area contributed by atoms with Gasteiger partial charge in [0, 0.05) is 24.2 Å². The third kappa shape index (κ3) is 3.85. The fraction of sp³-hybridized carbons (Fsp3) is 0.250. The molecule has 1 aliphatic rings. The number of fused-ring (bicyclic) bond motifs is 1. The van der Waals surface area contributed by atoms with Gasteiger partial charge in [0.1, 0.15) is 17.9 Å². The minimum atomic E-state index is -0.338. The highest BCUT2D eigenvalue weighted by Crippen LogP contribution is 2.37. The van der Waals surface area contributed by atoms with Crippen molar-refractivity contribution in [3.05, 3.63) is 65.7 Å². The summed E-state index contributed by atoms with van der Waals surface area (Å²) in [6, 6.07) is 19.4. The van der Waals surface area contributed by atoms with Gasteiger partial charge in [0.25, 0.3) is 0 Å². The summed E-state index contributed by atoms with van der Waals surface area (Å²) in [5.74, 6) is -0.0639. The number of nitrogens with zero attached hydrogens (tertiary/aromatic N) is 5. The van der Waals surface area contributed by atoms with Crippen LogP contribution >= 0.6 is 11.6 Å². The molecule has 4 aromatic rings. The van der Waals surface area contributed by atoms with Crippen LogP contribution in [0.5, 0.6) is 0 Å². The molecule has 0 spiro atoms. The Hall–Kier alpha value is -3.29. The largest absolute Gasteiger partial charge is 0.393 e. The molecule has 8 heteroatoms. The Morgan fingerprint density at radius 2 is 1.53 bits per heavy atom. The van der Waals surface area contributed by atoms with Gasteiger partial charge in [0.05, 0.1) is 16.5 Å². The summed E-state index contributed by atoms with van der Waals surface area (Å²) in [4.78, 5) is 14.7. The van der Waals surface area contributed by atoms with Crippen LogP contribution in [0.3, 0.4) is 0 Å². The number of aliphatic hydroxyl groups excluding tert-OH is 1. The first-order valence-corrected chi connectivity index (χ1v) is 11.0. The predicted molar refractivity (Wildman–Crippen MR) is 123 cm³/mol. The van der Waals surface area contributed by atoms with Crippen LogP contribution in [0.15, 0.2) is 60.7 Å². The molecule has 1 fully saturated rings. The number of rotatable bonds is 4. The number of halogens is 1. The van der Waals surface area contributed by atoms with Gasteiger partial charge in [0.2, 0.25) is 5.91 Å². The summed E-state index contributed by atoms with van der Waals surface area (Å²) in [7, 11) is 0. The number of hydrogen-bond acceptors (Lipinski definition) is 5. The van der Waals surface area contributed by atoms with Crippen molar-refractivity contribution in [3.63, 3.8) is 0 Å². The fourth-order valence-electron chi connectivity index (χ4n) is 4.05. The second kappa shape index (κ2) is 8.68. The molecule has 0 radical (unpaired) electrons. The van der Waals surface area contributed by atoms with Crippen molar-refractivity contribution >= 4 is 28.5 Å². The van der Waals surface area contributed by atoms with Gasteiger partial charge in [-0.25, -0.2) is 4.68 Å². The SMILES string of the molecule is O=C(Cn1nc(-c2ccccc2)c2c(Cl)c(-c3ccccc3)nnc21)N1CCC(O)CC1. The average molecular weight is 448 g/mol. The molecule has 0 saturated carbocycles. The van der Waals surface area contributed by atoms with Gasteiger partial charge in [-0.05, 0) is 12.8 Å². The lowest BCUT2D eigenvalue weighted by atomic mass is 10.1. The summed E-state index contributed by atoms with van der Waals surface area (Å²) >= 11 is 6.87. The van der Waals surface area contributed by atoms with Crippen LogP contribution < -0.4 is 0 Å². The molecule has 1 N–H and O–H groups in total. The summed E-state index contributed by atoms with van der Waals surface area (Å²) < 4.78 is 1.58. The molecule has 162 valence electrons. The number of amides is 1. The lowest BCUT2D eigenvalue weighted by molar-refractivity contribution is -0.133. The minimum Gasteiger partial charge on any atom is -0.393 e. The van der Waals surface area contributed by atoms with E-state index in [1.54, 1.807) is 9.58 Å². The minimum absolute atomic E-state index is 0.0368. The fourth-order valence-corrected chi connectivity index (χ4v) is 4.37. The Morgan fingerprint density at radius 1 is 0.938 bits per heavy atom. The van der Waals surface area contributed by atoms with Crippen LogP contribution in [0.2, 0.25) is 5.02 Å². The third-order valence-electron chi connectivity index (χ3n) is 5.79. The van der Waals surface area contributed by atoms with E-state index in [-0.39, 0.29) is 18.6 Å². The molecule has 2 aromatic heterocycles. The van der Waals surface area contributed by atoms with Crippen LogP contribution in [-0.2, 0) is 11.3 Å². The maximum atomic E-state index is 12.9. The number of carbonyl (C=O) groups is 1. The van der Waals surface area contributed by atoms with Crippen molar-refractivity contribution in [2.24, 2.45) is 0 Å². The second-order valence-electron chi connectivity index (χ2n) is 7.91. The Morgan fingerprint density at radius 3 is 2.16 bits per heavy atom. The molecule has 0 bridgehead atoms. The van der Waals surface area contributed by atoms with Crippen LogP contribution in [-0.4, -0.2) is 55.1 Å². The molecule has 0 aliphatic carbocycles. The van der Waals surface area contributed by atoms with Gasteiger partial charge in [-0.2, -0.15) is 5.10 Å². The number of carbonyl (C=O) groups excluding carboxylic acids is 1. The zero-order valence-electron chi connectivity index (χ0n) is 17.4. The van der Waals surface area contributed by atoms with Crippen molar-refractivity contribution < 1.29 is 9.90 Å². The second-order valence-corrected chi connectivity index (χ2v) is 8.29. The molecule has 2 aromatic carbocycles. The predicted octanol–water partition coefficient (Wildman–Crippen LogP) is 3.80. The molecule has 1 amide bonds. The van der Waals surface area contributed by atoms with E-state index in [1.807, 2.05) is 60.7 Å². The molecular formula is C24H22ClN5O2. The maximum Gasteiger partial charge on any atom is 0.244 e. The first kappa shape index (κ1) is 20.6. The number of aliphatic hydroxyl groups is 1. The van der Waals surface area contributed by atoms with Crippen molar-refractivity contribution in [1.29, 1.82) is 0 Å². The maximum absolute atomic E-state index is 12.9. The third-order valence-corrected chi connectivity index (χ3v) is 6.16. The van der Waals surface area contributed by atoms with Gasteiger partial charge in [0.15, 0.2) is 5.65 Å². The number of benzene rings is 2. The van der Waals surface area contributed by atoms with Crippen LogP contribution in [0.1, 0.15) is 12.8 Å². The Balaban J connectivity index is 1.60. The summed E-state index contributed by atoms with van der Waals surface area (Å²) in [6.07, 6.45) is 0.843. The van der Waals surface area contributed by atoms with Gasteiger partial charge in [-0.15, -0.1) is 10.2 Å². The molecule has 3 heterocycles. The zero-order valence-corrected chi connectivity index (χ0v) is 18.1. The monoisotopic (exact) mass is 447 g/mol. The van der Waals surface area contributed by atoms with E-state index in [1.165, 1.54) is 0 Å². The topological polar surface area (TPSA) is 84.1 Å². The van der Waals surface area contributed by atoms with Crippen LogP contribution in [0.4, 0.5) is 0 Å². The summed E-state index contributed by atoms with van der Waals surface area (Å²) in [6.45, 7) is 1.11. The standard InChI is InChI=1S/C24H22ClN5O2/c25-21-20-22(16-7-3-1-4-8-16)28-30(15-19(32)29-13-11-18(31)12-14-29)24(20)27-26-23(21)17-9-5-2-6-10-17/h1-10,18,31H,11-15H2. The lowest BCUT2D eigenvalue weighted by Gasteiger charge is -2.29. The highest BCUT2D eigenvalue weighted by molar-refractivity contribution is 6.38. The van der Waals surface area contributed by atoms with Gasteiger partial charge < -0.3 is 10.0 Å². The van der Waals surface area contributed by atoms with E-state index in [0.717, 1.165) is 11.1 Å². The first-order valence-electron chi connectivity index (χ1n) is 10.6. The quantitative estimate of drug-likeness (QED) is 0.514. The normalized spacial score (nSPS) is 14.8. The number of piperidine rings is 1. The molecule has 7 nitrogen and oxygen atoms in total. The first-order chi connectivity index (χ1) is 15.6. The van der Waals surface area contributed by atoms with Gasteiger partial charge in [-0.1, -0.05) is 72.3 Å². The molecule has 0 atom stereocenters. The summed E-state index contributed by atoms with van der Waals surface area (Å²) in [5.41, 5.74) is 3.46. The zero-order chi connectivity index (χ0) is 22.1. The summed E-state index contributed by atoms with van der Waals surface area (Å²) in [5, 5.41) is 24.4. The van der Waals surface area contributed by atoms with Crippen molar-refractivity contribution in [3.8, 4) is 22.5 Å². The Labute approximate surface area is 190 Å². The highest BCUT2D eigenvalue weighted by atomic mass is 35.5. The molecule has 32 heavy (non-hydrogen) atoms. The van der Waals surface area contributed by atoms with Crippen molar-refractivity contribution in [2.75, 3.05) is 13.1 Å². The van der Waals surface area contributed by atoms with E-state index < -0.39 is 0 Å². The van der Waals surface area contributed by atoms with E-state index in [2.05, 4.69) is 10.2 Å². The average Bonchev–Trinajstić information content (AvgIpc) is 3.20. The van der Waals surface area contributed by atoms with E-state index in [9.17, 15) is 9.90 Å². The van der Waals surface area contributed by atoms with Crippen LogP contribution in [0.25, 0.3) is 33.5 Å². The number of hydrogen-bond donors (Lipinski definition) is 1. The van der Waals surface area contributed by atoms with E-state index in [4.69, 9.17) is 16.7 Å². The Kier molecular flexibility index (Phi) is 5.59. The number of likely N-dealkylation sites (tertiary alicyclic amines) is 1. The smallest absolute Gasteiger partial charge is 0.244 e. The molecular weight excluding hydrogens is 426 g/mol. The molecule has 1 saturated heterocycles.